The molecule has 1 aliphatic heterocycles. The summed E-state index contributed by atoms with van der Waals surface area (Å²) in [7, 11) is -3.81. The molecule has 0 saturated carbocycles. The van der Waals surface area contributed by atoms with Gasteiger partial charge in [-0.25, -0.2) is 22.2 Å². The summed E-state index contributed by atoms with van der Waals surface area (Å²) in [5, 5.41) is 0.926. The number of aryl methyl sites for hydroxylation is 1. The van der Waals surface area contributed by atoms with Gasteiger partial charge in [-0.3, -0.25) is 4.99 Å². The molecule has 2 heterocycles. The van der Waals surface area contributed by atoms with E-state index in [1.807, 2.05) is 25.1 Å². The fourth-order valence-corrected chi connectivity index (χ4v) is 6.21. The molecule has 2 unspecified atom stereocenters. The number of hydrogen-bond acceptors (Lipinski definition) is 6. The Bertz CT molecular complexity index is 1250. The van der Waals surface area contributed by atoms with Gasteiger partial charge >= 0.3 is 0 Å². The Morgan fingerprint density at radius 1 is 1.24 bits per heavy atom. The van der Waals surface area contributed by atoms with Crippen molar-refractivity contribution in [3.63, 3.8) is 0 Å². The number of aromatic nitrogens is 1. The second-order valence-electron chi connectivity index (χ2n) is 7.42. The van der Waals surface area contributed by atoms with E-state index in [9.17, 15) is 17.2 Å². The van der Waals surface area contributed by atoms with Crippen molar-refractivity contribution in [1.29, 1.82) is 0 Å². The molecule has 1 aliphatic rings. The Morgan fingerprint density at radius 3 is 2.72 bits per heavy atom. The van der Waals surface area contributed by atoms with E-state index in [1.165, 1.54) is 6.92 Å². The molecule has 1 aromatic heterocycles. The number of fused-ring (bicyclic) bond motifs is 1. The third kappa shape index (κ3) is 3.42. The van der Waals surface area contributed by atoms with E-state index in [0.717, 1.165) is 39.0 Å². The summed E-state index contributed by atoms with van der Waals surface area (Å²) < 4.78 is 53.6. The van der Waals surface area contributed by atoms with Gasteiger partial charge in [0.1, 0.15) is 22.2 Å². The van der Waals surface area contributed by atoms with Crippen molar-refractivity contribution in [2.24, 2.45) is 10.7 Å². The number of halogens is 2. The lowest BCUT2D eigenvalue weighted by Crippen LogP contribution is -2.54. The Morgan fingerprint density at radius 2 is 2.00 bits per heavy atom. The van der Waals surface area contributed by atoms with E-state index in [1.54, 1.807) is 11.3 Å². The van der Waals surface area contributed by atoms with Crippen molar-refractivity contribution in [3.05, 3.63) is 64.2 Å². The van der Waals surface area contributed by atoms with E-state index >= 15 is 0 Å². The van der Waals surface area contributed by atoms with Crippen LogP contribution >= 0.6 is 11.3 Å². The van der Waals surface area contributed by atoms with Gasteiger partial charge in [0.15, 0.2) is 9.84 Å². The number of rotatable bonds is 3. The molecule has 2 N–H and O–H groups in total. The molecule has 2 aromatic carbocycles. The molecule has 3 aromatic rings. The minimum absolute atomic E-state index is 0.105. The lowest BCUT2D eigenvalue weighted by Gasteiger charge is -2.35. The van der Waals surface area contributed by atoms with Crippen LogP contribution in [0.3, 0.4) is 0 Å². The number of aliphatic imine (C=N–C) groups is 1. The summed E-state index contributed by atoms with van der Waals surface area (Å²) in [5.74, 6) is -1.92. The van der Waals surface area contributed by atoms with Crippen LogP contribution in [0.25, 0.3) is 10.2 Å². The van der Waals surface area contributed by atoms with Gasteiger partial charge in [0, 0.05) is 5.56 Å². The van der Waals surface area contributed by atoms with E-state index in [4.69, 9.17) is 5.73 Å². The minimum Gasteiger partial charge on any atom is -0.386 e. The first-order valence-electron chi connectivity index (χ1n) is 8.96. The normalized spacial score (nSPS) is 23.9. The van der Waals surface area contributed by atoms with Crippen LogP contribution in [-0.4, -0.2) is 29.7 Å². The van der Waals surface area contributed by atoms with Crippen molar-refractivity contribution < 1.29 is 17.2 Å². The number of benzene rings is 2. The molecule has 0 spiro atoms. The maximum atomic E-state index is 14.1. The van der Waals surface area contributed by atoms with E-state index in [-0.39, 0.29) is 17.8 Å². The highest BCUT2D eigenvalue weighted by molar-refractivity contribution is 7.93. The summed E-state index contributed by atoms with van der Waals surface area (Å²) in [4.78, 5) is 8.71. The Kier molecular flexibility index (Phi) is 4.70. The van der Waals surface area contributed by atoms with Gasteiger partial charge in [0.2, 0.25) is 0 Å². The predicted octanol–water partition coefficient (Wildman–Crippen LogP) is 3.71. The van der Waals surface area contributed by atoms with Crippen LogP contribution in [0.2, 0.25) is 0 Å². The quantitative estimate of drug-likeness (QED) is 0.680. The molecule has 29 heavy (non-hydrogen) atoms. The molecule has 0 aliphatic carbocycles. The standard InChI is InChI=1S/C20H19F2N3O2S2/c1-11-24-16-7-12(3-6-18(16)28-11)9-20(2)19(23)25-17(10-29(20,26)27)14-8-13(21)4-5-15(14)22/h3-8,17H,9-10H2,1-2H3,(H2,23,25). The highest BCUT2D eigenvalue weighted by Crippen LogP contribution is 2.36. The lowest BCUT2D eigenvalue weighted by atomic mass is 9.98. The maximum absolute atomic E-state index is 14.1. The largest absolute Gasteiger partial charge is 0.386 e. The first-order valence-corrected chi connectivity index (χ1v) is 11.4. The zero-order chi connectivity index (χ0) is 21.0. The number of nitrogens with two attached hydrogens (primary N) is 1. The smallest absolute Gasteiger partial charge is 0.165 e. The van der Waals surface area contributed by atoms with Crippen LogP contribution in [0, 0.1) is 18.6 Å². The minimum atomic E-state index is -3.81. The van der Waals surface area contributed by atoms with Gasteiger partial charge in [-0.05, 0) is 56.2 Å². The monoisotopic (exact) mass is 435 g/mol. The Labute approximate surface area is 171 Å². The van der Waals surface area contributed by atoms with Crippen molar-refractivity contribution in [1.82, 2.24) is 4.98 Å². The molecule has 0 saturated heterocycles. The van der Waals surface area contributed by atoms with Gasteiger partial charge in [0.25, 0.3) is 0 Å². The highest BCUT2D eigenvalue weighted by atomic mass is 32.2. The van der Waals surface area contributed by atoms with E-state index in [0.29, 0.717) is 0 Å². The van der Waals surface area contributed by atoms with Crippen LogP contribution in [0.1, 0.15) is 29.1 Å². The summed E-state index contributed by atoms with van der Waals surface area (Å²) in [6.07, 6.45) is 0.121. The molecular weight excluding hydrogens is 416 g/mol. The first-order chi connectivity index (χ1) is 13.6. The second-order valence-corrected chi connectivity index (χ2v) is 11.1. The van der Waals surface area contributed by atoms with Gasteiger partial charge in [-0.1, -0.05) is 6.07 Å². The first kappa shape index (κ1) is 19.9. The zero-order valence-electron chi connectivity index (χ0n) is 15.8. The van der Waals surface area contributed by atoms with Crippen LogP contribution in [-0.2, 0) is 16.3 Å². The number of thiazole rings is 1. The molecule has 9 heteroatoms. The van der Waals surface area contributed by atoms with E-state index in [2.05, 4.69) is 9.98 Å². The maximum Gasteiger partial charge on any atom is 0.165 e. The van der Waals surface area contributed by atoms with Crippen molar-refractivity contribution in [3.8, 4) is 0 Å². The molecule has 152 valence electrons. The predicted molar refractivity (Wildman–Crippen MR) is 111 cm³/mol. The van der Waals surface area contributed by atoms with Crippen molar-refractivity contribution in [2.45, 2.75) is 31.1 Å². The molecule has 4 rings (SSSR count). The summed E-state index contributed by atoms with van der Waals surface area (Å²) >= 11 is 1.56. The topological polar surface area (TPSA) is 85.4 Å². The number of hydrogen-bond donors (Lipinski definition) is 1. The van der Waals surface area contributed by atoms with Crippen LogP contribution in [0.5, 0.6) is 0 Å². The van der Waals surface area contributed by atoms with E-state index < -0.39 is 38.0 Å². The molecule has 0 bridgehead atoms. The average Bonchev–Trinajstić information content (AvgIpc) is 3.01. The molecule has 5 nitrogen and oxygen atoms in total. The molecule has 0 fully saturated rings. The summed E-state index contributed by atoms with van der Waals surface area (Å²) in [6, 6.07) is 7.44. The van der Waals surface area contributed by atoms with Crippen LogP contribution in [0.4, 0.5) is 8.78 Å². The SMILES string of the molecule is Cc1nc2cc(CC3(C)C(N)=NC(c4cc(F)ccc4F)CS3(=O)=O)ccc2s1. The lowest BCUT2D eigenvalue weighted by molar-refractivity contribution is 0.538. The van der Waals surface area contributed by atoms with Crippen LogP contribution < -0.4 is 5.73 Å². The van der Waals surface area contributed by atoms with Gasteiger partial charge in [-0.2, -0.15) is 0 Å². The third-order valence-electron chi connectivity index (χ3n) is 5.32. The fourth-order valence-electron chi connectivity index (χ4n) is 3.61. The van der Waals surface area contributed by atoms with Crippen molar-refractivity contribution >= 4 is 37.2 Å². The molecule has 0 radical (unpaired) electrons. The number of amidine groups is 1. The Balaban J connectivity index is 1.73. The third-order valence-corrected chi connectivity index (χ3v) is 8.75. The van der Waals surface area contributed by atoms with Gasteiger partial charge in [-0.15, -0.1) is 11.3 Å². The zero-order valence-corrected chi connectivity index (χ0v) is 17.4. The summed E-state index contributed by atoms with van der Waals surface area (Å²) in [5.41, 5.74) is 7.57. The highest BCUT2D eigenvalue weighted by Gasteiger charge is 2.48. The number of nitrogens with zero attached hydrogens (tertiary/aromatic N) is 2. The Hall–Kier alpha value is -2.39. The number of sulfone groups is 1. The van der Waals surface area contributed by atoms with Crippen LogP contribution in [0.15, 0.2) is 41.4 Å². The van der Waals surface area contributed by atoms with Gasteiger partial charge < -0.3 is 5.73 Å². The second kappa shape index (κ2) is 6.84. The summed E-state index contributed by atoms with van der Waals surface area (Å²) in [6.45, 7) is 3.43. The average molecular weight is 436 g/mol. The molecular formula is C20H19F2N3O2S2. The van der Waals surface area contributed by atoms with Crippen molar-refractivity contribution in [2.75, 3.05) is 5.75 Å². The molecule has 0 amide bonds. The molecule has 2 atom stereocenters. The van der Waals surface area contributed by atoms with Gasteiger partial charge in [0.05, 0.1) is 27.0 Å². The fraction of sp³-hybridized carbons (Fsp3) is 0.300.